The molecule has 2 aliphatic rings. The second-order valence-electron chi connectivity index (χ2n) is 8.28. The van der Waals surface area contributed by atoms with Gasteiger partial charge in [0.1, 0.15) is 24.1 Å². The summed E-state index contributed by atoms with van der Waals surface area (Å²) < 4.78 is 31.1. The quantitative estimate of drug-likeness (QED) is 0.479. The molecule has 3 aromatic rings. The van der Waals surface area contributed by atoms with Gasteiger partial charge in [-0.05, 0) is 11.1 Å². The Bertz CT molecular complexity index is 1020. The maximum Gasteiger partial charge on any atom is 0.185 e. The zero-order chi connectivity index (χ0) is 22.5. The third-order valence-electron chi connectivity index (χ3n) is 5.91. The molecule has 0 bridgehead atoms. The number of fused-ring (bicyclic) bond motifs is 1. The van der Waals surface area contributed by atoms with Gasteiger partial charge >= 0.3 is 0 Å². The summed E-state index contributed by atoms with van der Waals surface area (Å²) in [6.45, 7) is 5.45. The van der Waals surface area contributed by atoms with Crippen LogP contribution in [-0.2, 0) is 36.9 Å². The van der Waals surface area contributed by atoms with Crippen molar-refractivity contribution in [3.63, 3.8) is 0 Å². The molecule has 0 spiro atoms. The highest BCUT2D eigenvalue weighted by molar-refractivity contribution is 5.19. The highest BCUT2D eigenvalue weighted by Gasteiger charge is 2.52. The van der Waals surface area contributed by atoms with E-state index in [0.717, 1.165) is 16.7 Å². The van der Waals surface area contributed by atoms with Crippen LogP contribution in [0.2, 0.25) is 0 Å². The third-order valence-corrected chi connectivity index (χ3v) is 5.91. The summed E-state index contributed by atoms with van der Waals surface area (Å²) in [5.41, 5.74) is 3.15. The van der Waals surface area contributed by atoms with Crippen LogP contribution in [0.25, 0.3) is 0 Å². The Morgan fingerprint density at radius 1 is 0.697 bits per heavy atom. The molecule has 3 aromatic carbocycles. The van der Waals surface area contributed by atoms with Gasteiger partial charge in [0.05, 0.1) is 19.8 Å². The maximum absolute atomic E-state index is 6.37. The molecule has 0 amide bonds. The molecule has 2 saturated heterocycles. The van der Waals surface area contributed by atoms with Gasteiger partial charge in [-0.3, -0.25) is 0 Å². The zero-order valence-corrected chi connectivity index (χ0v) is 18.4. The van der Waals surface area contributed by atoms with E-state index in [0.29, 0.717) is 25.6 Å². The van der Waals surface area contributed by atoms with Crippen LogP contribution in [0.3, 0.4) is 0 Å². The second-order valence-corrected chi connectivity index (χ2v) is 8.28. The topological polar surface area (TPSA) is 46.2 Å². The molecule has 0 saturated carbocycles. The summed E-state index contributed by atoms with van der Waals surface area (Å²) in [6, 6.07) is 30.0. The number of rotatable bonds is 8. The van der Waals surface area contributed by atoms with Crippen molar-refractivity contribution in [1.82, 2.24) is 0 Å². The Labute approximate surface area is 194 Å². The van der Waals surface area contributed by atoms with Gasteiger partial charge in [0.2, 0.25) is 0 Å². The summed E-state index contributed by atoms with van der Waals surface area (Å²) in [4.78, 5) is 0. The third kappa shape index (κ3) is 5.18. The highest BCUT2D eigenvalue weighted by atomic mass is 16.8. The minimum absolute atomic E-state index is 0.336. The number of hydrogen-bond acceptors (Lipinski definition) is 5. The molecule has 0 radical (unpaired) electrons. The van der Waals surface area contributed by atoms with Crippen LogP contribution in [0.5, 0.6) is 0 Å². The van der Waals surface area contributed by atoms with Crippen LogP contribution in [0.4, 0.5) is 0 Å². The fourth-order valence-corrected chi connectivity index (χ4v) is 4.24. The lowest BCUT2D eigenvalue weighted by molar-refractivity contribution is -0.145. The van der Waals surface area contributed by atoms with Crippen molar-refractivity contribution in [1.29, 1.82) is 0 Å². The Balaban J connectivity index is 1.29. The lowest BCUT2D eigenvalue weighted by Gasteiger charge is -2.38. The average Bonchev–Trinajstić information content (AvgIpc) is 3.31. The number of hydrogen-bond donors (Lipinski definition) is 0. The van der Waals surface area contributed by atoms with Crippen molar-refractivity contribution in [3.05, 3.63) is 120 Å². The first-order chi connectivity index (χ1) is 16.3. The van der Waals surface area contributed by atoms with E-state index in [1.165, 1.54) is 0 Å². The van der Waals surface area contributed by atoms with Crippen LogP contribution in [0.15, 0.2) is 103 Å². The molecule has 0 aromatic heterocycles. The average molecular weight is 445 g/mol. The van der Waals surface area contributed by atoms with Gasteiger partial charge < -0.3 is 23.7 Å². The molecular formula is C28H28O5. The highest BCUT2D eigenvalue weighted by Crippen LogP contribution is 2.41. The molecule has 0 aliphatic carbocycles. The first-order valence-corrected chi connectivity index (χ1v) is 11.3. The largest absolute Gasteiger partial charge is 0.487 e. The van der Waals surface area contributed by atoms with E-state index in [-0.39, 0.29) is 18.3 Å². The van der Waals surface area contributed by atoms with Gasteiger partial charge in [0.25, 0.3) is 0 Å². The molecular weight excluding hydrogens is 416 g/mol. The molecule has 5 heteroatoms. The fourth-order valence-electron chi connectivity index (χ4n) is 4.24. The summed E-state index contributed by atoms with van der Waals surface area (Å²) >= 11 is 0. The molecule has 2 heterocycles. The van der Waals surface area contributed by atoms with Gasteiger partial charge in [-0.25, -0.2) is 0 Å². The summed E-state index contributed by atoms with van der Waals surface area (Å²) in [5, 5.41) is 0. The monoisotopic (exact) mass is 444 g/mol. The molecule has 33 heavy (non-hydrogen) atoms. The van der Waals surface area contributed by atoms with E-state index in [9.17, 15) is 0 Å². The molecule has 5 rings (SSSR count). The van der Waals surface area contributed by atoms with Gasteiger partial charge in [-0.1, -0.05) is 97.6 Å². The number of benzene rings is 3. The van der Waals surface area contributed by atoms with Crippen LogP contribution < -0.4 is 0 Å². The molecule has 2 fully saturated rings. The Hall–Kier alpha value is -2.96. The predicted octanol–water partition coefficient (Wildman–Crippen LogP) is 5.18. The molecule has 2 aliphatic heterocycles. The number of ether oxygens (including phenoxy) is 5. The normalized spacial score (nSPS) is 26.5. The van der Waals surface area contributed by atoms with Crippen molar-refractivity contribution in [3.8, 4) is 0 Å². The van der Waals surface area contributed by atoms with E-state index < -0.39 is 12.4 Å². The van der Waals surface area contributed by atoms with Crippen LogP contribution in [-0.4, -0.2) is 31.0 Å². The standard InChI is InChI=1S/C28H28O5/c1-20-25(30-18-22-13-7-3-8-14-22)27-26(32-28(33-27)23-15-9-4-10-16-23)24(31-20)19-29-17-21-11-5-2-6-12-21/h2-16,24-28H,1,17-19H2/t24-,25+,26+,27-,28-/m1/s1. The minimum Gasteiger partial charge on any atom is -0.487 e. The fraction of sp³-hybridized carbons (Fsp3) is 0.286. The Morgan fingerprint density at radius 2 is 1.27 bits per heavy atom. The first-order valence-electron chi connectivity index (χ1n) is 11.3. The SMILES string of the molecule is C=C1O[C@H](COCc2ccccc2)[C@@H]2O[C@@H](c3ccccc3)O[C@@H]2[C@H]1OCc1ccccc1. The van der Waals surface area contributed by atoms with Crippen molar-refractivity contribution in [2.24, 2.45) is 0 Å². The van der Waals surface area contributed by atoms with E-state index >= 15 is 0 Å². The van der Waals surface area contributed by atoms with Gasteiger partial charge in [-0.15, -0.1) is 0 Å². The van der Waals surface area contributed by atoms with Crippen molar-refractivity contribution in [2.45, 2.75) is 43.9 Å². The van der Waals surface area contributed by atoms with Gasteiger partial charge in [0, 0.05) is 5.56 Å². The van der Waals surface area contributed by atoms with Crippen LogP contribution in [0, 0.1) is 0 Å². The van der Waals surface area contributed by atoms with E-state index in [4.69, 9.17) is 23.7 Å². The summed E-state index contributed by atoms with van der Waals surface area (Å²) in [6.07, 6.45) is -1.94. The maximum atomic E-state index is 6.37. The minimum atomic E-state index is -0.491. The predicted molar refractivity (Wildman–Crippen MR) is 124 cm³/mol. The smallest absolute Gasteiger partial charge is 0.185 e. The molecule has 170 valence electrons. The lowest BCUT2D eigenvalue weighted by Crippen LogP contribution is -2.52. The molecule has 5 atom stereocenters. The van der Waals surface area contributed by atoms with E-state index in [2.05, 4.69) is 6.58 Å². The van der Waals surface area contributed by atoms with Crippen LogP contribution in [0.1, 0.15) is 23.0 Å². The van der Waals surface area contributed by atoms with Crippen molar-refractivity contribution in [2.75, 3.05) is 6.61 Å². The van der Waals surface area contributed by atoms with Crippen molar-refractivity contribution >= 4 is 0 Å². The summed E-state index contributed by atoms with van der Waals surface area (Å²) in [7, 11) is 0. The Kier molecular flexibility index (Phi) is 6.84. The molecule has 5 nitrogen and oxygen atoms in total. The molecule has 0 N–H and O–H groups in total. The molecule has 0 unspecified atom stereocenters. The Morgan fingerprint density at radius 3 is 1.94 bits per heavy atom. The summed E-state index contributed by atoms with van der Waals surface area (Å²) in [5.74, 6) is 0.540. The zero-order valence-electron chi connectivity index (χ0n) is 18.4. The van der Waals surface area contributed by atoms with Gasteiger partial charge in [-0.2, -0.15) is 0 Å². The first kappa shape index (κ1) is 21.9. The van der Waals surface area contributed by atoms with E-state index in [1.807, 2.05) is 91.0 Å². The lowest BCUT2D eigenvalue weighted by atomic mass is 9.98. The van der Waals surface area contributed by atoms with Crippen molar-refractivity contribution < 1.29 is 23.7 Å². The van der Waals surface area contributed by atoms with E-state index in [1.54, 1.807) is 0 Å². The van der Waals surface area contributed by atoms with Gasteiger partial charge in [0.15, 0.2) is 12.4 Å². The van der Waals surface area contributed by atoms with Crippen LogP contribution >= 0.6 is 0 Å². The second kappa shape index (κ2) is 10.3.